The third-order valence-electron chi connectivity index (χ3n) is 7.20. The fraction of sp³-hybridized carbons (Fsp3) is 0. The van der Waals surface area contributed by atoms with Crippen LogP contribution in [0.2, 0.25) is 0 Å². The largest absolute Gasteiger partial charge is 0.162 e. The molecule has 46 heavy (non-hydrogen) atoms. The van der Waals surface area contributed by atoms with Gasteiger partial charge in [0.2, 0.25) is 0 Å². The Morgan fingerprint density at radius 2 is 0.565 bits per heavy atom. The Morgan fingerprint density at radius 3 is 0.783 bits per heavy atom. The van der Waals surface area contributed by atoms with Gasteiger partial charge in [0.1, 0.15) is 0 Å². The lowest BCUT2D eigenvalue weighted by Gasteiger charge is -2.23. The molecule has 0 atom stereocenters. The molecule has 0 radical (unpaired) electrons. The molecule has 0 bridgehead atoms. The molecule has 0 saturated heterocycles. The van der Waals surface area contributed by atoms with Crippen molar-refractivity contribution in [3.63, 3.8) is 0 Å². The zero-order valence-electron chi connectivity index (χ0n) is 23.7. The second-order valence-corrected chi connectivity index (χ2v) is 9.72. The molecule has 0 amide bonds. The summed E-state index contributed by atoms with van der Waals surface area (Å²) in [6.07, 6.45) is 5.58. The van der Waals surface area contributed by atoms with Gasteiger partial charge in [0.15, 0.2) is 25.3 Å². The summed E-state index contributed by atoms with van der Waals surface area (Å²) < 4.78 is 0. The number of tetrazole rings is 4. The van der Waals surface area contributed by atoms with Crippen molar-refractivity contribution in [2.45, 2.75) is 0 Å². The summed E-state index contributed by atoms with van der Waals surface area (Å²) in [5, 5.41) is 50.5. The quantitative estimate of drug-likeness (QED) is 0.232. The van der Waals surface area contributed by atoms with Crippen molar-refractivity contribution in [1.29, 1.82) is 0 Å². The summed E-state index contributed by atoms with van der Waals surface area (Å²) in [6.45, 7) is 0. The van der Waals surface area contributed by atoms with E-state index in [-0.39, 0.29) is 0 Å². The number of para-hydroxylation sites is 4. The number of hydrogen-bond acceptors (Lipinski definition) is 12. The maximum absolute atomic E-state index is 4.38. The van der Waals surface area contributed by atoms with Gasteiger partial charge in [0.05, 0.1) is 22.7 Å². The third kappa shape index (κ3) is 4.67. The normalized spacial score (nSPS) is 11.0. The minimum absolute atomic E-state index is 0.682. The molecule has 8 aromatic rings. The lowest BCUT2D eigenvalue weighted by Crippen LogP contribution is -2.12. The van der Waals surface area contributed by atoms with Crippen LogP contribution in [0.25, 0.3) is 33.9 Å². The maximum atomic E-state index is 4.38. The van der Waals surface area contributed by atoms with E-state index in [2.05, 4.69) is 61.6 Å². The van der Waals surface area contributed by atoms with Crippen LogP contribution >= 0.6 is 0 Å². The molecule has 4 aromatic carbocycles. The van der Waals surface area contributed by atoms with Crippen LogP contribution in [0.4, 0.5) is 0 Å². The van der Waals surface area contributed by atoms with Crippen LogP contribution in [-0.2, 0) is 0 Å². The van der Waals surface area contributed by atoms with Gasteiger partial charge in [0, 0.05) is 33.4 Å². The van der Waals surface area contributed by atoms with Crippen LogP contribution in [0.3, 0.4) is 0 Å². The maximum Gasteiger partial charge on any atom is 0.162 e. The minimum Gasteiger partial charge on any atom is -0.135 e. The molecule has 0 aliphatic heterocycles. The van der Waals surface area contributed by atoms with E-state index in [0.29, 0.717) is 22.7 Å². The van der Waals surface area contributed by atoms with E-state index in [1.165, 1.54) is 44.5 Å². The topological polar surface area (TPSA) is 174 Å². The van der Waals surface area contributed by atoms with Crippen molar-refractivity contribution in [3.05, 3.63) is 145 Å². The van der Waals surface area contributed by atoms with Gasteiger partial charge in [-0.3, -0.25) is 0 Å². The third-order valence-corrected chi connectivity index (χ3v) is 7.20. The van der Waals surface area contributed by atoms with Crippen LogP contribution in [0, 0.1) is 0 Å². The van der Waals surface area contributed by atoms with E-state index in [0.717, 1.165) is 33.4 Å². The van der Waals surface area contributed by atoms with Crippen molar-refractivity contribution in [2.24, 2.45) is 0 Å². The number of rotatable bonds is 8. The lowest BCUT2D eigenvalue weighted by atomic mass is 9.83. The number of benzene rings is 4. The second-order valence-electron chi connectivity index (χ2n) is 9.72. The summed E-state index contributed by atoms with van der Waals surface area (Å²) in [5.74, 6) is 0. The highest BCUT2D eigenvalue weighted by Crippen LogP contribution is 2.43. The number of nitrogens with zero attached hydrogens (tertiary/aromatic N) is 16. The first-order valence-corrected chi connectivity index (χ1v) is 13.9. The first-order chi connectivity index (χ1) is 22.9. The summed E-state index contributed by atoms with van der Waals surface area (Å²) in [5.41, 5.74) is 7.42. The van der Waals surface area contributed by atoms with Crippen molar-refractivity contribution < 1.29 is 0 Å². The van der Waals surface area contributed by atoms with E-state index in [1.54, 1.807) is 0 Å². The fourth-order valence-electron chi connectivity index (χ4n) is 5.38. The molecule has 0 spiro atoms. The van der Waals surface area contributed by atoms with E-state index >= 15 is 0 Å². The van der Waals surface area contributed by atoms with Gasteiger partial charge >= 0.3 is 0 Å². The molecule has 16 nitrogen and oxygen atoms in total. The van der Waals surface area contributed by atoms with Gasteiger partial charge in [-0.05, 0) is 45.1 Å². The van der Waals surface area contributed by atoms with Crippen molar-refractivity contribution in [3.8, 4) is 22.7 Å². The zero-order valence-corrected chi connectivity index (χ0v) is 23.7. The standard InChI is InChI=1S/C30H20N16/c1-5-13-25(43-35-17-31-39-43)21(9-1)29(22-10-2-6-14-26(22)44-36-18-32-40-44)30(23-11-3-7-15-27(23)45-37-19-33-41-45)24-12-4-8-16-28(24)46-38-20-34-42-46/h1-20H. The smallest absolute Gasteiger partial charge is 0.135 e. The van der Waals surface area contributed by atoms with Gasteiger partial charge < -0.3 is 0 Å². The van der Waals surface area contributed by atoms with E-state index < -0.39 is 0 Å². The first-order valence-electron chi connectivity index (χ1n) is 13.9. The van der Waals surface area contributed by atoms with Crippen LogP contribution in [0.1, 0.15) is 22.3 Å². The molecule has 8 rings (SSSR count). The molecule has 0 fully saturated rings. The molecule has 0 saturated carbocycles. The summed E-state index contributed by atoms with van der Waals surface area (Å²) in [4.78, 5) is 5.94. The van der Waals surface area contributed by atoms with Crippen LogP contribution < -0.4 is 0 Å². The molecule has 4 heterocycles. The van der Waals surface area contributed by atoms with Gasteiger partial charge in [0.25, 0.3) is 0 Å². The Bertz CT molecular complexity index is 1930. The summed E-state index contributed by atoms with van der Waals surface area (Å²) in [6, 6.07) is 31.3. The second kappa shape index (κ2) is 11.5. The number of hydrogen-bond donors (Lipinski definition) is 0. The van der Waals surface area contributed by atoms with Crippen molar-refractivity contribution in [2.75, 3.05) is 0 Å². The van der Waals surface area contributed by atoms with Gasteiger partial charge in [-0.15, -0.1) is 60.0 Å². The molecule has 0 aliphatic carbocycles. The van der Waals surface area contributed by atoms with E-state index in [1.807, 2.05) is 97.1 Å². The first kappa shape index (κ1) is 26.5. The molecule has 4 aromatic heterocycles. The molecular weight excluding hydrogens is 584 g/mol. The van der Waals surface area contributed by atoms with E-state index in [9.17, 15) is 0 Å². The molecule has 16 heteroatoms. The Kier molecular flexibility index (Phi) is 6.65. The minimum atomic E-state index is 0.682. The predicted octanol–water partition coefficient (Wildman–Crippen LogP) is 2.60. The lowest BCUT2D eigenvalue weighted by molar-refractivity contribution is 0.714. The fourth-order valence-corrected chi connectivity index (χ4v) is 5.38. The van der Waals surface area contributed by atoms with Crippen LogP contribution in [0.15, 0.2) is 122 Å². The van der Waals surface area contributed by atoms with Crippen molar-refractivity contribution >= 4 is 11.1 Å². The Morgan fingerprint density at radius 1 is 0.326 bits per heavy atom. The summed E-state index contributed by atoms with van der Waals surface area (Å²) >= 11 is 0. The van der Waals surface area contributed by atoms with Gasteiger partial charge in [-0.25, -0.2) is 0 Å². The van der Waals surface area contributed by atoms with E-state index in [4.69, 9.17) is 0 Å². The summed E-state index contributed by atoms with van der Waals surface area (Å²) in [7, 11) is 0. The Balaban J connectivity index is 1.58. The molecule has 220 valence electrons. The monoisotopic (exact) mass is 604 g/mol. The molecule has 0 unspecified atom stereocenters. The van der Waals surface area contributed by atoms with Crippen LogP contribution in [-0.4, -0.2) is 80.8 Å². The number of aromatic nitrogens is 16. The molecular formula is C30H20N16. The highest BCUT2D eigenvalue weighted by atomic mass is 15.6. The Hall–Kier alpha value is -7.10. The molecule has 0 aliphatic rings. The average molecular weight is 605 g/mol. The SMILES string of the molecule is c1ccc(-n2ncnn2)c(C(=C(c2ccccc2-n2ncnn2)c2ccccc2-n2ncnn2)c2ccccc2-n2ncnn2)c1. The highest BCUT2D eigenvalue weighted by Gasteiger charge is 2.27. The van der Waals surface area contributed by atoms with Crippen LogP contribution in [0.5, 0.6) is 0 Å². The predicted molar refractivity (Wildman–Crippen MR) is 162 cm³/mol. The van der Waals surface area contributed by atoms with Gasteiger partial charge in [-0.1, -0.05) is 72.8 Å². The Labute approximate surface area is 259 Å². The van der Waals surface area contributed by atoms with Gasteiger partial charge in [-0.2, -0.15) is 0 Å². The average Bonchev–Trinajstić information content (AvgIpc) is 3.95. The van der Waals surface area contributed by atoms with Crippen molar-refractivity contribution in [1.82, 2.24) is 80.8 Å². The zero-order chi connectivity index (χ0) is 30.7. The molecule has 0 N–H and O–H groups in total. The highest BCUT2D eigenvalue weighted by molar-refractivity contribution is 6.09.